The van der Waals surface area contributed by atoms with E-state index in [-0.39, 0.29) is 29.5 Å². The number of aryl methyl sites for hydroxylation is 2. The summed E-state index contributed by atoms with van der Waals surface area (Å²) in [7, 11) is 1.59. The normalized spacial score (nSPS) is 10.8. The number of carbonyl (C=O) groups is 1. The molecule has 2 aromatic carbocycles. The lowest BCUT2D eigenvalue weighted by molar-refractivity contribution is -0.116. The van der Waals surface area contributed by atoms with Crippen LogP contribution in [0.25, 0.3) is 22.8 Å². The van der Waals surface area contributed by atoms with Crippen LogP contribution in [0.3, 0.4) is 0 Å². The number of hydrogen-bond acceptors (Lipinski definition) is 6. The maximum absolute atomic E-state index is 13.3. The molecule has 0 atom stereocenters. The molecule has 0 aliphatic carbocycles. The molecule has 168 valence electrons. The highest BCUT2D eigenvalue weighted by atomic mass is 35.5. The third-order valence-corrected chi connectivity index (χ3v) is 5.37. The number of pyridine rings is 1. The van der Waals surface area contributed by atoms with E-state index >= 15 is 0 Å². The van der Waals surface area contributed by atoms with E-state index in [2.05, 4.69) is 15.5 Å². The number of anilines is 1. The molecule has 2 aromatic heterocycles. The first-order valence-electron chi connectivity index (χ1n) is 10.1. The highest BCUT2D eigenvalue weighted by molar-refractivity contribution is 6.30. The summed E-state index contributed by atoms with van der Waals surface area (Å²) in [6.45, 7) is 3.39. The number of amides is 1. The van der Waals surface area contributed by atoms with Crippen LogP contribution >= 0.6 is 11.6 Å². The zero-order valence-electron chi connectivity index (χ0n) is 18.3. The van der Waals surface area contributed by atoms with Crippen molar-refractivity contribution in [3.8, 4) is 28.6 Å². The quantitative estimate of drug-likeness (QED) is 0.451. The van der Waals surface area contributed by atoms with E-state index in [0.717, 1.165) is 5.56 Å². The van der Waals surface area contributed by atoms with E-state index in [1.165, 1.54) is 4.57 Å². The van der Waals surface area contributed by atoms with Gasteiger partial charge >= 0.3 is 0 Å². The van der Waals surface area contributed by atoms with E-state index in [9.17, 15) is 9.59 Å². The summed E-state index contributed by atoms with van der Waals surface area (Å²) < 4.78 is 12.0. The van der Waals surface area contributed by atoms with Gasteiger partial charge in [-0.05, 0) is 74.0 Å². The molecule has 0 unspecified atom stereocenters. The first-order chi connectivity index (χ1) is 15.9. The van der Waals surface area contributed by atoms with Gasteiger partial charge in [0.25, 0.3) is 11.4 Å². The minimum absolute atomic E-state index is 0.0928. The number of halogens is 1. The second-order valence-corrected chi connectivity index (χ2v) is 7.88. The van der Waals surface area contributed by atoms with E-state index < -0.39 is 0 Å². The molecule has 9 heteroatoms. The van der Waals surface area contributed by atoms with E-state index in [1.54, 1.807) is 69.5 Å². The largest absolute Gasteiger partial charge is 0.497 e. The first kappa shape index (κ1) is 22.3. The molecule has 0 bridgehead atoms. The second-order valence-electron chi connectivity index (χ2n) is 7.44. The Morgan fingerprint density at radius 3 is 2.48 bits per heavy atom. The summed E-state index contributed by atoms with van der Waals surface area (Å²) in [5.74, 6) is 0.799. The molecule has 4 rings (SSSR count). The molecule has 0 spiro atoms. The minimum atomic E-state index is -0.385. The minimum Gasteiger partial charge on any atom is -0.497 e. The SMILES string of the molecule is COc1ccc(-c2noc(-c3c(C)cc(C)n(CC(=O)Nc4ccc(Cl)cc4)c3=O)n2)cc1. The van der Waals surface area contributed by atoms with Crippen molar-refractivity contribution in [2.24, 2.45) is 0 Å². The van der Waals surface area contributed by atoms with Gasteiger partial charge in [0, 0.05) is 22.0 Å². The molecule has 0 saturated carbocycles. The molecule has 0 radical (unpaired) electrons. The summed E-state index contributed by atoms with van der Waals surface area (Å²) in [5.41, 5.74) is 2.50. The number of carbonyl (C=O) groups excluding carboxylic acids is 1. The zero-order chi connectivity index (χ0) is 23.5. The van der Waals surface area contributed by atoms with Crippen molar-refractivity contribution in [2.75, 3.05) is 12.4 Å². The predicted octanol–water partition coefficient (Wildman–Crippen LogP) is 4.48. The Morgan fingerprint density at radius 2 is 1.82 bits per heavy atom. The Labute approximate surface area is 194 Å². The lowest BCUT2D eigenvalue weighted by Crippen LogP contribution is -2.30. The lowest BCUT2D eigenvalue weighted by atomic mass is 10.1. The van der Waals surface area contributed by atoms with E-state index in [4.69, 9.17) is 20.9 Å². The Bertz CT molecular complexity index is 1360. The molecule has 0 aliphatic heterocycles. The molecule has 8 nitrogen and oxygen atoms in total. The average Bonchev–Trinajstić information content (AvgIpc) is 3.28. The number of hydrogen-bond donors (Lipinski definition) is 1. The van der Waals surface area contributed by atoms with Gasteiger partial charge in [-0.1, -0.05) is 16.8 Å². The van der Waals surface area contributed by atoms with Gasteiger partial charge in [-0.15, -0.1) is 0 Å². The Morgan fingerprint density at radius 1 is 1.12 bits per heavy atom. The van der Waals surface area contributed by atoms with E-state index in [1.807, 2.05) is 6.07 Å². The van der Waals surface area contributed by atoms with Crippen LogP contribution in [0.5, 0.6) is 5.75 Å². The topological polar surface area (TPSA) is 99.3 Å². The van der Waals surface area contributed by atoms with Gasteiger partial charge in [-0.2, -0.15) is 4.98 Å². The maximum Gasteiger partial charge on any atom is 0.264 e. The number of rotatable bonds is 6. The highest BCUT2D eigenvalue weighted by Crippen LogP contribution is 2.24. The smallest absolute Gasteiger partial charge is 0.264 e. The van der Waals surface area contributed by atoms with Gasteiger partial charge < -0.3 is 19.1 Å². The van der Waals surface area contributed by atoms with Crippen molar-refractivity contribution < 1.29 is 14.1 Å². The Kier molecular flexibility index (Phi) is 6.28. The van der Waals surface area contributed by atoms with Gasteiger partial charge in [0.15, 0.2) is 0 Å². The summed E-state index contributed by atoms with van der Waals surface area (Å²) in [6.07, 6.45) is 0. The molecule has 0 aliphatic rings. The van der Waals surface area contributed by atoms with Crippen LogP contribution in [0.4, 0.5) is 5.69 Å². The summed E-state index contributed by atoms with van der Waals surface area (Å²) in [5, 5.41) is 7.34. The average molecular weight is 465 g/mol. The monoisotopic (exact) mass is 464 g/mol. The molecule has 4 aromatic rings. The number of benzene rings is 2. The Balaban J connectivity index is 1.63. The number of ether oxygens (including phenoxy) is 1. The van der Waals surface area contributed by atoms with Gasteiger partial charge in [0.05, 0.1) is 7.11 Å². The highest BCUT2D eigenvalue weighted by Gasteiger charge is 2.20. The molecular weight excluding hydrogens is 444 g/mol. The van der Waals surface area contributed by atoms with Crippen molar-refractivity contribution >= 4 is 23.2 Å². The van der Waals surface area contributed by atoms with Crippen molar-refractivity contribution in [3.05, 3.63) is 81.2 Å². The van der Waals surface area contributed by atoms with Crippen molar-refractivity contribution in [3.63, 3.8) is 0 Å². The van der Waals surface area contributed by atoms with Gasteiger partial charge in [-0.3, -0.25) is 9.59 Å². The molecule has 0 saturated heterocycles. The fraction of sp³-hybridized carbons (Fsp3) is 0.167. The summed E-state index contributed by atoms with van der Waals surface area (Å²) in [4.78, 5) is 30.3. The molecule has 1 amide bonds. The van der Waals surface area contributed by atoms with Crippen LogP contribution in [-0.4, -0.2) is 27.7 Å². The van der Waals surface area contributed by atoms with E-state index in [0.29, 0.717) is 33.5 Å². The zero-order valence-corrected chi connectivity index (χ0v) is 19.0. The van der Waals surface area contributed by atoms with Crippen molar-refractivity contribution in [1.82, 2.24) is 14.7 Å². The third kappa shape index (κ3) is 4.80. The van der Waals surface area contributed by atoms with Crippen LogP contribution in [0, 0.1) is 13.8 Å². The fourth-order valence-corrected chi connectivity index (χ4v) is 3.57. The second kappa shape index (κ2) is 9.30. The Hall–Kier alpha value is -3.91. The number of methoxy groups -OCH3 is 1. The third-order valence-electron chi connectivity index (χ3n) is 5.12. The molecule has 0 fully saturated rings. The van der Waals surface area contributed by atoms with Crippen molar-refractivity contribution in [1.29, 1.82) is 0 Å². The van der Waals surface area contributed by atoms with Gasteiger partial charge in [0.1, 0.15) is 17.9 Å². The van der Waals surface area contributed by atoms with Gasteiger partial charge in [-0.25, -0.2) is 0 Å². The summed E-state index contributed by atoms with van der Waals surface area (Å²) >= 11 is 5.88. The predicted molar refractivity (Wildman–Crippen MR) is 126 cm³/mol. The number of nitrogens with zero attached hydrogens (tertiary/aromatic N) is 3. The lowest BCUT2D eigenvalue weighted by Gasteiger charge is -2.13. The number of nitrogens with one attached hydrogen (secondary N) is 1. The van der Waals surface area contributed by atoms with Gasteiger partial charge in [0.2, 0.25) is 11.7 Å². The van der Waals surface area contributed by atoms with Crippen molar-refractivity contribution in [2.45, 2.75) is 20.4 Å². The molecule has 2 heterocycles. The molecule has 1 N–H and O–H groups in total. The number of aromatic nitrogens is 3. The fourth-order valence-electron chi connectivity index (χ4n) is 3.44. The van der Waals surface area contributed by atoms with Crippen LogP contribution in [0.1, 0.15) is 11.3 Å². The maximum atomic E-state index is 13.3. The first-order valence-corrected chi connectivity index (χ1v) is 10.5. The standard InChI is InChI=1S/C24H21ClN4O4/c1-14-12-15(2)29(13-20(30)26-18-8-6-17(25)7-9-18)24(31)21(14)23-27-22(28-33-23)16-4-10-19(32-3)11-5-16/h4-12H,13H2,1-3H3,(H,26,30). The molecule has 33 heavy (non-hydrogen) atoms. The van der Waals surface area contributed by atoms with Crippen LogP contribution in [0.2, 0.25) is 5.02 Å². The molecular formula is C24H21ClN4O4. The summed E-state index contributed by atoms with van der Waals surface area (Å²) in [6, 6.07) is 15.7. The van der Waals surface area contributed by atoms with Crippen LogP contribution in [-0.2, 0) is 11.3 Å². The van der Waals surface area contributed by atoms with Crippen LogP contribution in [0.15, 0.2) is 63.9 Å². The van der Waals surface area contributed by atoms with Crippen LogP contribution < -0.4 is 15.6 Å².